The van der Waals surface area contributed by atoms with E-state index >= 15 is 0 Å². The molecule has 0 aliphatic carbocycles. The minimum absolute atomic E-state index is 0.332. The van der Waals surface area contributed by atoms with Gasteiger partial charge in [0, 0.05) is 23.5 Å². The zero-order valence-electron chi connectivity index (χ0n) is 13.1. The first-order chi connectivity index (χ1) is 9.87. The number of aromatic nitrogens is 2. The Bertz CT molecular complexity index is 578. The van der Waals surface area contributed by atoms with Crippen molar-refractivity contribution in [2.24, 2.45) is 11.7 Å². The number of rotatable bonds is 6. The van der Waals surface area contributed by atoms with Gasteiger partial charge in [-0.05, 0) is 38.3 Å². The van der Waals surface area contributed by atoms with Gasteiger partial charge in [-0.15, -0.1) is 11.3 Å². The quantitative estimate of drug-likeness (QED) is 0.885. The molecule has 2 aromatic heterocycles. The third-order valence-electron chi connectivity index (χ3n) is 3.09. The summed E-state index contributed by atoms with van der Waals surface area (Å²) in [6.07, 6.45) is 4.46. The third-order valence-corrected chi connectivity index (χ3v) is 4.10. The first kappa shape index (κ1) is 15.9. The van der Waals surface area contributed by atoms with E-state index in [1.807, 2.05) is 26.0 Å². The molecule has 0 fully saturated rings. The molecule has 2 N–H and O–H groups in total. The van der Waals surface area contributed by atoms with Gasteiger partial charge < -0.3 is 10.5 Å². The molecule has 4 nitrogen and oxygen atoms in total. The number of aryl methyl sites for hydroxylation is 1. The van der Waals surface area contributed by atoms with Crippen LogP contribution >= 0.6 is 11.3 Å². The lowest BCUT2D eigenvalue weighted by molar-refractivity contribution is 0.201. The van der Waals surface area contributed by atoms with Gasteiger partial charge in [0.25, 0.3) is 0 Å². The zero-order valence-corrected chi connectivity index (χ0v) is 13.9. The van der Waals surface area contributed by atoms with Crippen molar-refractivity contribution in [1.29, 1.82) is 0 Å². The molecule has 0 unspecified atom stereocenters. The summed E-state index contributed by atoms with van der Waals surface area (Å²) in [5.74, 6) is 1.24. The van der Waals surface area contributed by atoms with Crippen LogP contribution < -0.4 is 10.5 Å². The van der Waals surface area contributed by atoms with Crippen LogP contribution in [0.25, 0.3) is 10.6 Å². The lowest BCUT2D eigenvalue weighted by atomic mass is 9.93. The molecule has 5 heteroatoms. The molecule has 0 saturated carbocycles. The molecule has 0 saturated heterocycles. The number of hydrogen-bond acceptors (Lipinski definition) is 5. The van der Waals surface area contributed by atoms with Gasteiger partial charge in [0.2, 0.25) is 5.88 Å². The molecule has 0 aromatic carbocycles. The summed E-state index contributed by atoms with van der Waals surface area (Å²) in [5, 5.41) is 0.951. The molecule has 0 radical (unpaired) electrons. The summed E-state index contributed by atoms with van der Waals surface area (Å²) in [4.78, 5) is 9.67. The van der Waals surface area contributed by atoms with Crippen LogP contribution in [-0.2, 0) is 0 Å². The Labute approximate surface area is 130 Å². The van der Waals surface area contributed by atoms with Crippen LogP contribution in [0.15, 0.2) is 24.5 Å². The molecule has 0 aliphatic rings. The molecule has 2 aromatic rings. The normalized spacial score (nSPS) is 14.2. The minimum atomic E-state index is -0.332. The molecule has 1 atom stereocenters. The highest BCUT2D eigenvalue weighted by Gasteiger charge is 2.22. The molecule has 0 bridgehead atoms. The topological polar surface area (TPSA) is 61.0 Å². The standard InChI is InChI=1S/C16H23N3OS/c1-11(2)9-16(4,17)10-20-14-12(3)21-15(19-14)13-5-7-18-8-6-13/h5-8,11H,9-10,17H2,1-4H3/t16-/m0/s1. The highest BCUT2D eigenvalue weighted by atomic mass is 32.1. The van der Waals surface area contributed by atoms with Gasteiger partial charge in [0.15, 0.2) is 0 Å². The average Bonchev–Trinajstić information content (AvgIpc) is 2.78. The molecular formula is C16H23N3OS. The second-order valence-corrected chi connectivity index (χ2v) is 7.36. The van der Waals surface area contributed by atoms with Crippen molar-refractivity contribution in [3.63, 3.8) is 0 Å². The van der Waals surface area contributed by atoms with E-state index in [4.69, 9.17) is 10.5 Å². The zero-order chi connectivity index (χ0) is 15.5. The fraction of sp³-hybridized carbons (Fsp3) is 0.500. The van der Waals surface area contributed by atoms with Gasteiger partial charge >= 0.3 is 0 Å². The van der Waals surface area contributed by atoms with E-state index in [1.165, 1.54) is 0 Å². The summed E-state index contributed by atoms with van der Waals surface area (Å²) in [6.45, 7) is 8.86. The molecule has 21 heavy (non-hydrogen) atoms. The number of thiazole rings is 1. The van der Waals surface area contributed by atoms with E-state index < -0.39 is 0 Å². The molecule has 114 valence electrons. The van der Waals surface area contributed by atoms with Gasteiger partial charge in [0.05, 0.1) is 4.88 Å². The highest BCUT2D eigenvalue weighted by molar-refractivity contribution is 7.15. The lowest BCUT2D eigenvalue weighted by Crippen LogP contribution is -2.43. The van der Waals surface area contributed by atoms with Gasteiger partial charge in [-0.3, -0.25) is 4.98 Å². The van der Waals surface area contributed by atoms with Gasteiger partial charge in [0.1, 0.15) is 11.6 Å². The van der Waals surface area contributed by atoms with Crippen LogP contribution in [0.1, 0.15) is 32.1 Å². The minimum Gasteiger partial charge on any atom is -0.475 e. The summed E-state index contributed by atoms with van der Waals surface area (Å²) in [6, 6.07) is 3.90. The van der Waals surface area contributed by atoms with Crippen LogP contribution in [-0.4, -0.2) is 22.1 Å². The lowest BCUT2D eigenvalue weighted by Gasteiger charge is -2.26. The fourth-order valence-electron chi connectivity index (χ4n) is 2.36. The number of nitrogens with zero attached hydrogens (tertiary/aromatic N) is 2. The van der Waals surface area contributed by atoms with Crippen molar-refractivity contribution in [3.8, 4) is 16.5 Å². The molecular weight excluding hydrogens is 282 g/mol. The van der Waals surface area contributed by atoms with Crippen molar-refractivity contribution < 1.29 is 4.74 Å². The van der Waals surface area contributed by atoms with Crippen LogP contribution in [0.5, 0.6) is 5.88 Å². The SMILES string of the molecule is Cc1sc(-c2ccncc2)nc1OC[C@@](C)(N)CC(C)C. The first-order valence-corrected chi connectivity index (χ1v) is 7.98. The molecule has 0 aliphatic heterocycles. The van der Waals surface area contributed by atoms with Gasteiger partial charge in [-0.2, -0.15) is 0 Å². The van der Waals surface area contributed by atoms with E-state index in [2.05, 4.69) is 23.8 Å². The van der Waals surface area contributed by atoms with E-state index in [-0.39, 0.29) is 5.54 Å². The Morgan fingerprint density at radius 3 is 2.62 bits per heavy atom. The smallest absolute Gasteiger partial charge is 0.228 e. The second-order valence-electron chi connectivity index (χ2n) is 6.16. The predicted molar refractivity (Wildman–Crippen MR) is 87.6 cm³/mol. The van der Waals surface area contributed by atoms with E-state index in [1.54, 1.807) is 23.7 Å². The van der Waals surface area contributed by atoms with Crippen molar-refractivity contribution in [2.75, 3.05) is 6.61 Å². The molecule has 2 heterocycles. The van der Waals surface area contributed by atoms with Crippen LogP contribution in [0, 0.1) is 12.8 Å². The Morgan fingerprint density at radius 1 is 1.33 bits per heavy atom. The summed E-state index contributed by atoms with van der Waals surface area (Å²) in [7, 11) is 0. The van der Waals surface area contributed by atoms with Crippen molar-refractivity contribution in [1.82, 2.24) is 9.97 Å². The number of ether oxygens (including phenoxy) is 1. The fourth-order valence-corrected chi connectivity index (χ4v) is 3.22. The first-order valence-electron chi connectivity index (χ1n) is 7.17. The summed E-state index contributed by atoms with van der Waals surface area (Å²) >= 11 is 1.63. The number of nitrogens with two attached hydrogens (primary N) is 1. The van der Waals surface area contributed by atoms with Gasteiger partial charge in [-0.1, -0.05) is 13.8 Å². The maximum atomic E-state index is 6.28. The Morgan fingerprint density at radius 2 is 2.00 bits per heavy atom. The van der Waals surface area contributed by atoms with Crippen molar-refractivity contribution in [3.05, 3.63) is 29.4 Å². The maximum absolute atomic E-state index is 6.28. The Kier molecular flexibility index (Phi) is 4.96. The Balaban J connectivity index is 2.07. The largest absolute Gasteiger partial charge is 0.475 e. The third kappa shape index (κ3) is 4.51. The van der Waals surface area contributed by atoms with Crippen molar-refractivity contribution in [2.45, 2.75) is 39.7 Å². The predicted octanol–water partition coefficient (Wildman–Crippen LogP) is 3.66. The molecule has 0 spiro atoms. The van der Waals surface area contributed by atoms with Gasteiger partial charge in [-0.25, -0.2) is 4.98 Å². The van der Waals surface area contributed by atoms with Crippen molar-refractivity contribution >= 4 is 11.3 Å². The second kappa shape index (κ2) is 6.54. The van der Waals surface area contributed by atoms with E-state index in [0.717, 1.165) is 21.9 Å². The number of pyridine rings is 1. The summed E-state index contributed by atoms with van der Waals surface area (Å²) in [5.41, 5.74) is 7.00. The van der Waals surface area contributed by atoms with Crippen LogP contribution in [0.3, 0.4) is 0 Å². The monoisotopic (exact) mass is 305 g/mol. The van der Waals surface area contributed by atoms with Crippen LogP contribution in [0.2, 0.25) is 0 Å². The highest BCUT2D eigenvalue weighted by Crippen LogP contribution is 2.31. The van der Waals surface area contributed by atoms with Crippen LogP contribution in [0.4, 0.5) is 0 Å². The molecule has 0 amide bonds. The van der Waals surface area contributed by atoms with E-state index in [9.17, 15) is 0 Å². The summed E-state index contributed by atoms with van der Waals surface area (Å²) < 4.78 is 5.86. The Hall–Kier alpha value is -1.46. The number of hydrogen-bond donors (Lipinski definition) is 1. The van der Waals surface area contributed by atoms with E-state index in [0.29, 0.717) is 18.4 Å². The molecule has 2 rings (SSSR count). The maximum Gasteiger partial charge on any atom is 0.228 e. The average molecular weight is 305 g/mol.